The molecule has 1 aliphatic carbocycles. The fourth-order valence-electron chi connectivity index (χ4n) is 8.01. The van der Waals surface area contributed by atoms with Gasteiger partial charge in [-0.1, -0.05) is 64.1 Å². The van der Waals surface area contributed by atoms with Crippen LogP contribution in [0.5, 0.6) is 23.0 Å². The zero-order valence-corrected chi connectivity index (χ0v) is 42.9. The molecule has 4 aromatic carbocycles. The van der Waals surface area contributed by atoms with E-state index >= 15 is 0 Å². The number of para-hydroxylation sites is 2. The summed E-state index contributed by atoms with van der Waals surface area (Å²) < 4.78 is 27.2. The number of benzene rings is 4. The molecule has 2 aliphatic heterocycles. The summed E-state index contributed by atoms with van der Waals surface area (Å²) in [4.78, 5) is 8.46. The molecule has 0 spiro atoms. The van der Waals surface area contributed by atoms with Crippen molar-refractivity contribution in [2.75, 3.05) is 36.2 Å². The number of rotatable bonds is 16. The molecule has 63 heavy (non-hydrogen) atoms. The van der Waals surface area contributed by atoms with E-state index in [-0.39, 0.29) is 0 Å². The Hall–Kier alpha value is -3.62. The summed E-state index contributed by atoms with van der Waals surface area (Å²) in [5.41, 5.74) is 11.1. The standard InChI is InChI=1S/C52H64N4O4.2BrH.Pd/c1-9-23-57-49-39-15-13-16-40(49)28-44-32-48(56-22-20-54(36-56)38(7)8)34-46(52(44)60-26-12-4)30-42-18-14-17-41(50(42)58-24-10-2)29-45-33-47(55-21-19-53(35-55)37(5)6)31-43(27-39)51(45)59-25-11-3;;;/h13-22,31-34,37-38H,9-12,23-30H2,1-8H3;2*1H;/q;;;+2/p-2. The molecule has 0 amide bonds. The van der Waals surface area contributed by atoms with Gasteiger partial charge in [0, 0.05) is 96.2 Å². The Kier molecular flexibility index (Phi) is 18.7. The Balaban J connectivity index is 0.00000214. The molecule has 4 aromatic rings. The van der Waals surface area contributed by atoms with Crippen molar-refractivity contribution in [2.24, 2.45) is 0 Å². The molecule has 2 heterocycles. The second kappa shape index (κ2) is 24.1. The molecule has 0 aromatic heterocycles. The van der Waals surface area contributed by atoms with Gasteiger partial charge in [-0.25, -0.2) is 0 Å². The second-order valence-electron chi connectivity index (χ2n) is 16.7. The van der Waals surface area contributed by atoms with Crippen LogP contribution in [0.25, 0.3) is 0 Å². The monoisotopic (exact) mass is 1070 g/mol. The van der Waals surface area contributed by atoms with Crippen LogP contribution in [-0.4, -0.2) is 48.3 Å². The van der Waals surface area contributed by atoms with E-state index in [0.717, 1.165) is 105 Å². The number of anilines is 2. The first-order valence-corrected chi connectivity index (χ1v) is 29.6. The van der Waals surface area contributed by atoms with Crippen LogP contribution in [0.1, 0.15) is 126 Å². The molecule has 0 saturated heterocycles. The average molecular weight is 1080 g/mol. The average Bonchev–Trinajstić information content (AvgIpc) is 3.98. The van der Waals surface area contributed by atoms with Gasteiger partial charge >= 0.3 is 40.8 Å². The SMILES string of the molecule is CCCOc1c2cccc1Cc1cc(N3[C]N(C(C)C)C=C3)cc(c1OCCC)Cc1cccc(c1OCCC)Cc1cc(N3[C]N(C(C)C)C=C3)cc(c1OCCC)C2.[Br][Pd][Br]. The second-order valence-corrected chi connectivity index (χ2v) is 23.9. The van der Waals surface area contributed by atoms with Gasteiger partial charge in [0.05, 0.1) is 26.4 Å². The molecule has 4 radical (unpaired) electrons. The normalized spacial score (nSPS) is 14.5. The van der Waals surface area contributed by atoms with E-state index in [4.69, 9.17) is 18.9 Å². The van der Waals surface area contributed by atoms with Gasteiger partial charge in [-0.3, -0.25) is 0 Å². The molecule has 11 heteroatoms. The van der Waals surface area contributed by atoms with Crippen molar-refractivity contribution in [3.05, 3.63) is 143 Å². The molecule has 0 saturated carbocycles. The summed E-state index contributed by atoms with van der Waals surface area (Å²) in [6.07, 6.45) is 14.5. The van der Waals surface area contributed by atoms with E-state index in [9.17, 15) is 0 Å². The summed E-state index contributed by atoms with van der Waals surface area (Å²) in [6, 6.07) is 22.9. The van der Waals surface area contributed by atoms with Crippen molar-refractivity contribution >= 4 is 38.2 Å². The van der Waals surface area contributed by atoms with Crippen molar-refractivity contribution in [1.29, 1.82) is 0 Å². The fourth-order valence-corrected chi connectivity index (χ4v) is 8.01. The number of nitrogens with zero attached hydrogens (tertiary/aromatic N) is 4. The maximum atomic E-state index is 6.81. The van der Waals surface area contributed by atoms with E-state index in [2.05, 4.69) is 201 Å². The third kappa shape index (κ3) is 12.4. The van der Waals surface area contributed by atoms with Crippen molar-refractivity contribution in [1.82, 2.24) is 9.80 Å². The molecule has 8 nitrogen and oxygen atoms in total. The van der Waals surface area contributed by atoms with E-state index in [1.165, 1.54) is 0 Å². The summed E-state index contributed by atoms with van der Waals surface area (Å²) in [5.74, 6) is 3.73. The van der Waals surface area contributed by atoms with Gasteiger partial charge < -0.3 is 38.5 Å². The first-order valence-electron chi connectivity index (χ1n) is 22.5. The van der Waals surface area contributed by atoms with Gasteiger partial charge in [0.25, 0.3) is 0 Å². The molecule has 0 unspecified atom stereocenters. The van der Waals surface area contributed by atoms with Crippen LogP contribution in [0.2, 0.25) is 0 Å². The minimum absolute atomic E-state index is 0.291. The third-order valence-corrected chi connectivity index (χ3v) is 11.0. The summed E-state index contributed by atoms with van der Waals surface area (Å²) in [5, 5.41) is 0. The molecule has 3 aliphatic rings. The van der Waals surface area contributed by atoms with Gasteiger partial charge in [-0.15, -0.1) is 0 Å². The number of fused-ring (bicyclic) bond motifs is 8. The summed E-state index contributed by atoms with van der Waals surface area (Å²) in [6.45, 7) is 27.0. The Morgan fingerprint density at radius 1 is 0.476 bits per heavy atom. The first kappa shape index (κ1) is 48.8. The summed E-state index contributed by atoms with van der Waals surface area (Å²) >= 11 is 6.80. The number of hydrogen-bond donors (Lipinski definition) is 0. The predicted molar refractivity (Wildman–Crippen MR) is 262 cm³/mol. The zero-order valence-electron chi connectivity index (χ0n) is 38.2. The topological polar surface area (TPSA) is 49.9 Å². The van der Waals surface area contributed by atoms with Gasteiger partial charge in [0.1, 0.15) is 23.0 Å². The van der Waals surface area contributed by atoms with Crippen molar-refractivity contribution in [3.63, 3.8) is 0 Å². The zero-order chi connectivity index (χ0) is 44.9. The number of hydrogen-bond acceptors (Lipinski definition) is 8. The third-order valence-electron chi connectivity index (χ3n) is 11.0. The van der Waals surface area contributed by atoms with Gasteiger partial charge in [-0.05, 0) is 99.9 Å². The van der Waals surface area contributed by atoms with E-state index in [1.54, 1.807) is 0 Å². The van der Waals surface area contributed by atoms with E-state index < -0.39 is 0 Å². The van der Waals surface area contributed by atoms with Crippen molar-refractivity contribution in [2.45, 2.75) is 119 Å². The van der Waals surface area contributed by atoms with Crippen LogP contribution >= 0.6 is 26.9 Å². The van der Waals surface area contributed by atoms with Gasteiger partial charge in [0.15, 0.2) is 0 Å². The number of ether oxygens (including phenoxy) is 4. The molecule has 0 fully saturated rings. The molecule has 0 atom stereocenters. The summed E-state index contributed by atoms with van der Waals surface area (Å²) in [7, 11) is 0. The van der Waals surface area contributed by atoms with Crippen LogP contribution < -0.4 is 28.7 Å². The maximum absolute atomic E-state index is 6.81. The van der Waals surface area contributed by atoms with Gasteiger partial charge in [-0.2, -0.15) is 0 Å². The Morgan fingerprint density at radius 2 is 0.746 bits per heavy atom. The van der Waals surface area contributed by atoms with Gasteiger partial charge in [0.2, 0.25) is 13.3 Å². The first-order chi connectivity index (χ1) is 30.6. The Labute approximate surface area is 399 Å². The molecule has 340 valence electrons. The molecule has 7 rings (SSSR count). The molecule has 0 N–H and O–H groups in total. The van der Waals surface area contributed by atoms with Crippen LogP contribution in [0.3, 0.4) is 0 Å². The van der Waals surface area contributed by atoms with Crippen molar-refractivity contribution < 1.29 is 32.9 Å². The van der Waals surface area contributed by atoms with E-state index in [0.29, 0.717) is 78.1 Å². The van der Waals surface area contributed by atoms with E-state index in [1.807, 2.05) is 0 Å². The van der Waals surface area contributed by atoms with Crippen LogP contribution in [-0.2, 0) is 39.6 Å². The Morgan fingerprint density at radius 3 is 0.984 bits per heavy atom. The van der Waals surface area contributed by atoms with Crippen LogP contribution in [0.4, 0.5) is 11.4 Å². The fraction of sp³-hybridized carbons (Fsp3) is 0.423. The molecular formula is C52H64Br2N4O4Pd. The molecular weight excluding hydrogens is 1010 g/mol. The molecule has 8 bridgehead atoms. The van der Waals surface area contributed by atoms with Crippen molar-refractivity contribution in [3.8, 4) is 23.0 Å². The van der Waals surface area contributed by atoms with Crippen LogP contribution in [0, 0.1) is 13.3 Å². The Bertz CT molecular complexity index is 1940. The minimum atomic E-state index is 0.291. The quantitative estimate of drug-likeness (QED) is 0.0906. The number of halogens is 2. The predicted octanol–water partition coefficient (Wildman–Crippen LogP) is 13.2. The van der Waals surface area contributed by atoms with Crippen LogP contribution in [0.15, 0.2) is 85.5 Å².